The van der Waals surface area contributed by atoms with Gasteiger partial charge in [0.25, 0.3) is 0 Å². The molecule has 1 saturated carbocycles. The van der Waals surface area contributed by atoms with E-state index < -0.39 is 0 Å². The Balaban J connectivity index is 2.39. The van der Waals surface area contributed by atoms with Crippen molar-refractivity contribution in [2.24, 2.45) is 0 Å². The molecule has 2 heteroatoms. The summed E-state index contributed by atoms with van der Waals surface area (Å²) < 4.78 is 0. The summed E-state index contributed by atoms with van der Waals surface area (Å²) in [7, 11) is 0. The first kappa shape index (κ1) is 4.31. The number of rotatable bonds is 0. The molecule has 6 heavy (non-hydrogen) atoms. The number of halogens is 1. The number of ketones is 1. The lowest BCUT2D eigenvalue weighted by atomic mass is 9.99. The second-order valence-corrected chi connectivity index (χ2v) is 2.58. The summed E-state index contributed by atoms with van der Waals surface area (Å²) in [4.78, 5) is 10.4. The molecule has 0 amide bonds. The van der Waals surface area contributed by atoms with Gasteiger partial charge in [0.2, 0.25) is 0 Å². The summed E-state index contributed by atoms with van der Waals surface area (Å²) >= 11 is 3.18. The molecule has 1 aliphatic rings. The van der Waals surface area contributed by atoms with Crippen LogP contribution in [0.5, 0.6) is 0 Å². The molecular weight excluding hydrogens is 144 g/mol. The molecule has 1 nitrogen and oxygen atoms in total. The van der Waals surface area contributed by atoms with E-state index in [0.29, 0.717) is 5.78 Å². The average Bonchev–Trinajstić information content (AvgIpc) is 1.61. The standard InChI is InChI=1S/C4H5BrO/c5-3-1-2-4(3)6/h3H,1-2H2/t3-/m1/s1. The summed E-state index contributed by atoms with van der Waals surface area (Å²) in [5.74, 6) is 0.356. The van der Waals surface area contributed by atoms with Gasteiger partial charge < -0.3 is 0 Å². The summed E-state index contributed by atoms with van der Waals surface area (Å²) in [6.07, 6.45) is 1.83. The quantitative estimate of drug-likeness (QED) is 0.471. The Kier molecular flexibility index (Phi) is 0.960. The van der Waals surface area contributed by atoms with Gasteiger partial charge in [-0.1, -0.05) is 15.9 Å². The lowest BCUT2D eigenvalue weighted by Gasteiger charge is -2.15. The van der Waals surface area contributed by atoms with Crippen LogP contribution >= 0.6 is 15.9 Å². The molecule has 1 atom stereocenters. The van der Waals surface area contributed by atoms with Crippen molar-refractivity contribution < 1.29 is 4.79 Å². The van der Waals surface area contributed by atoms with Gasteiger partial charge in [0, 0.05) is 6.42 Å². The van der Waals surface area contributed by atoms with Crippen LogP contribution in [0.1, 0.15) is 12.8 Å². The fourth-order valence-electron chi connectivity index (χ4n) is 0.371. The van der Waals surface area contributed by atoms with E-state index in [1.54, 1.807) is 0 Å². The van der Waals surface area contributed by atoms with Crippen LogP contribution < -0.4 is 0 Å². The molecule has 0 aliphatic heterocycles. The zero-order valence-electron chi connectivity index (χ0n) is 3.28. The fraction of sp³-hybridized carbons (Fsp3) is 0.750. The molecule has 0 N–H and O–H groups in total. The third-order valence-corrected chi connectivity index (χ3v) is 1.96. The van der Waals surface area contributed by atoms with E-state index in [2.05, 4.69) is 15.9 Å². The Bertz CT molecular complexity index is 79.6. The summed E-state index contributed by atoms with van der Waals surface area (Å²) in [6, 6.07) is 0. The van der Waals surface area contributed by atoms with Crippen molar-refractivity contribution in [3.8, 4) is 0 Å². The molecule has 1 rings (SSSR count). The Labute approximate surface area is 44.9 Å². The lowest BCUT2D eigenvalue weighted by molar-refractivity contribution is -0.122. The predicted molar refractivity (Wildman–Crippen MR) is 27.0 cm³/mol. The highest BCUT2D eigenvalue weighted by molar-refractivity contribution is 9.10. The number of hydrogen-bond acceptors (Lipinski definition) is 1. The second-order valence-electron chi connectivity index (χ2n) is 1.47. The molecule has 0 unspecified atom stereocenters. The van der Waals surface area contributed by atoms with E-state index in [0.717, 1.165) is 12.8 Å². The maximum atomic E-state index is 10.2. The van der Waals surface area contributed by atoms with E-state index in [1.165, 1.54) is 0 Å². The van der Waals surface area contributed by atoms with E-state index in [9.17, 15) is 4.79 Å². The molecule has 0 saturated heterocycles. The van der Waals surface area contributed by atoms with Gasteiger partial charge in [-0.05, 0) is 6.42 Å². The topological polar surface area (TPSA) is 17.1 Å². The first-order chi connectivity index (χ1) is 2.80. The highest BCUT2D eigenvalue weighted by Gasteiger charge is 2.23. The third-order valence-electron chi connectivity index (χ3n) is 0.994. The van der Waals surface area contributed by atoms with Crippen molar-refractivity contribution in [3.63, 3.8) is 0 Å². The van der Waals surface area contributed by atoms with Crippen molar-refractivity contribution in [2.75, 3.05) is 0 Å². The SMILES string of the molecule is O=C1CC[C@H]1Br. The molecule has 0 spiro atoms. The van der Waals surface area contributed by atoms with Gasteiger partial charge in [0.15, 0.2) is 0 Å². The van der Waals surface area contributed by atoms with Crippen molar-refractivity contribution in [2.45, 2.75) is 17.7 Å². The van der Waals surface area contributed by atoms with E-state index >= 15 is 0 Å². The average molecular weight is 149 g/mol. The van der Waals surface area contributed by atoms with Crippen LogP contribution in [-0.2, 0) is 4.79 Å². The minimum absolute atomic E-state index is 0.206. The lowest BCUT2D eigenvalue weighted by Crippen LogP contribution is -2.24. The molecular formula is C4H5BrO. The molecule has 0 aromatic heterocycles. The molecule has 0 heterocycles. The van der Waals surface area contributed by atoms with Crippen LogP contribution in [0.2, 0.25) is 0 Å². The maximum absolute atomic E-state index is 10.2. The summed E-state index contributed by atoms with van der Waals surface area (Å²) in [6.45, 7) is 0. The highest BCUT2D eigenvalue weighted by Crippen LogP contribution is 2.21. The largest absolute Gasteiger partial charge is 0.298 e. The minimum atomic E-state index is 0.206. The number of hydrogen-bond donors (Lipinski definition) is 0. The first-order valence-electron chi connectivity index (χ1n) is 1.97. The molecule has 34 valence electrons. The Hall–Kier alpha value is 0.150. The van der Waals surface area contributed by atoms with Crippen molar-refractivity contribution in [3.05, 3.63) is 0 Å². The zero-order chi connectivity index (χ0) is 4.57. The van der Waals surface area contributed by atoms with Crippen LogP contribution in [0.25, 0.3) is 0 Å². The van der Waals surface area contributed by atoms with Crippen LogP contribution in [0, 0.1) is 0 Å². The smallest absolute Gasteiger partial charge is 0.146 e. The third kappa shape index (κ3) is 0.492. The Morgan fingerprint density at radius 2 is 2.33 bits per heavy atom. The molecule has 0 radical (unpaired) electrons. The van der Waals surface area contributed by atoms with Crippen LogP contribution in [0.4, 0.5) is 0 Å². The maximum Gasteiger partial charge on any atom is 0.146 e. The van der Waals surface area contributed by atoms with Gasteiger partial charge in [-0.2, -0.15) is 0 Å². The minimum Gasteiger partial charge on any atom is -0.298 e. The normalized spacial score (nSPS) is 32.8. The van der Waals surface area contributed by atoms with Crippen molar-refractivity contribution in [1.82, 2.24) is 0 Å². The van der Waals surface area contributed by atoms with Crippen LogP contribution in [-0.4, -0.2) is 10.6 Å². The van der Waals surface area contributed by atoms with E-state index in [1.807, 2.05) is 0 Å². The monoisotopic (exact) mass is 148 g/mol. The van der Waals surface area contributed by atoms with Gasteiger partial charge in [-0.15, -0.1) is 0 Å². The molecule has 1 fully saturated rings. The molecule has 0 bridgehead atoms. The predicted octanol–water partition coefficient (Wildman–Crippen LogP) is 1.11. The number of carbonyl (C=O) groups excluding carboxylic acids is 1. The Morgan fingerprint density at radius 3 is 2.33 bits per heavy atom. The zero-order valence-corrected chi connectivity index (χ0v) is 4.86. The number of Topliss-reactive ketones (excluding diaryl/α,β-unsaturated/α-hetero) is 1. The summed E-state index contributed by atoms with van der Waals surface area (Å²) in [5, 5.41) is 0. The highest BCUT2D eigenvalue weighted by atomic mass is 79.9. The molecule has 0 aromatic carbocycles. The molecule has 1 aliphatic carbocycles. The molecule has 0 aromatic rings. The van der Waals surface area contributed by atoms with Crippen molar-refractivity contribution >= 4 is 21.7 Å². The van der Waals surface area contributed by atoms with Gasteiger partial charge in [-0.3, -0.25) is 4.79 Å². The van der Waals surface area contributed by atoms with Crippen molar-refractivity contribution in [1.29, 1.82) is 0 Å². The van der Waals surface area contributed by atoms with Crippen LogP contribution in [0.3, 0.4) is 0 Å². The van der Waals surface area contributed by atoms with Gasteiger partial charge in [0.05, 0.1) is 4.83 Å². The van der Waals surface area contributed by atoms with Gasteiger partial charge in [0.1, 0.15) is 5.78 Å². The van der Waals surface area contributed by atoms with E-state index in [-0.39, 0.29) is 4.83 Å². The van der Waals surface area contributed by atoms with Gasteiger partial charge in [-0.25, -0.2) is 0 Å². The summed E-state index contributed by atoms with van der Waals surface area (Å²) in [5.41, 5.74) is 0. The fourth-order valence-corrected chi connectivity index (χ4v) is 0.829. The van der Waals surface area contributed by atoms with Crippen LogP contribution in [0.15, 0.2) is 0 Å². The first-order valence-corrected chi connectivity index (χ1v) is 2.89. The van der Waals surface area contributed by atoms with Gasteiger partial charge >= 0.3 is 0 Å². The van der Waals surface area contributed by atoms with E-state index in [4.69, 9.17) is 0 Å². The number of carbonyl (C=O) groups is 1. The Morgan fingerprint density at radius 1 is 1.83 bits per heavy atom. The number of alkyl halides is 1. The second kappa shape index (κ2) is 1.34.